The zero-order valence-electron chi connectivity index (χ0n) is 10.4. The average Bonchev–Trinajstić information content (AvgIpc) is 2.74. The van der Waals surface area contributed by atoms with Crippen molar-refractivity contribution in [2.75, 3.05) is 13.7 Å². The van der Waals surface area contributed by atoms with E-state index in [1.165, 1.54) is 6.07 Å². The molecular weight excluding hydrogens is 298 g/mol. The molecule has 0 spiro atoms. The lowest BCUT2D eigenvalue weighted by molar-refractivity contribution is 0.0572. The zero-order chi connectivity index (χ0) is 13.3. The quantitative estimate of drug-likeness (QED) is 0.912. The number of likely N-dealkylation sites (N-methyl/N-ethyl adjacent to an activating group) is 1. The highest BCUT2D eigenvalue weighted by atomic mass is 79.9. The predicted octanol–water partition coefficient (Wildman–Crippen LogP) is 2.40. The van der Waals surface area contributed by atoms with E-state index in [1.54, 1.807) is 24.1 Å². The molecule has 1 aromatic carbocycles. The van der Waals surface area contributed by atoms with E-state index in [0.29, 0.717) is 12.2 Å². The molecule has 0 aromatic heterocycles. The van der Waals surface area contributed by atoms with E-state index < -0.39 is 0 Å². The molecule has 1 aliphatic rings. The van der Waals surface area contributed by atoms with E-state index >= 15 is 0 Å². The molecule has 98 valence electrons. The second kappa shape index (κ2) is 5.28. The Balaban J connectivity index is 2.20. The van der Waals surface area contributed by atoms with Gasteiger partial charge in [-0.2, -0.15) is 0 Å². The third kappa shape index (κ3) is 2.52. The number of hydrogen-bond acceptors (Lipinski definition) is 3. The van der Waals surface area contributed by atoms with Crippen molar-refractivity contribution in [3.63, 3.8) is 0 Å². The highest BCUT2D eigenvalue weighted by molar-refractivity contribution is 9.10. The molecule has 5 heteroatoms. The lowest BCUT2D eigenvalue weighted by Gasteiger charge is -2.27. The maximum atomic E-state index is 12.3. The first-order valence-electron chi connectivity index (χ1n) is 5.88. The number of halogens is 1. The Labute approximate surface area is 115 Å². The summed E-state index contributed by atoms with van der Waals surface area (Å²) in [7, 11) is 1.75. The van der Waals surface area contributed by atoms with Crippen LogP contribution in [0, 0.1) is 0 Å². The van der Waals surface area contributed by atoms with Crippen LogP contribution in [0.3, 0.4) is 0 Å². The largest absolute Gasteiger partial charge is 0.507 e. The van der Waals surface area contributed by atoms with Crippen LogP contribution in [0.1, 0.15) is 23.7 Å². The molecule has 18 heavy (non-hydrogen) atoms. The summed E-state index contributed by atoms with van der Waals surface area (Å²) in [6, 6.07) is 4.96. The van der Waals surface area contributed by atoms with Gasteiger partial charge in [-0.3, -0.25) is 4.79 Å². The zero-order valence-corrected chi connectivity index (χ0v) is 12.0. The highest BCUT2D eigenvalue weighted by Gasteiger charge is 2.31. The first-order chi connectivity index (χ1) is 8.50. The molecule has 1 heterocycles. The molecule has 0 bridgehead atoms. The van der Waals surface area contributed by atoms with Gasteiger partial charge in [-0.15, -0.1) is 0 Å². The Bertz CT molecular complexity index is 464. The number of amides is 1. The Morgan fingerprint density at radius 1 is 1.56 bits per heavy atom. The number of phenolic OH excluding ortho intramolecular Hbond substituents is 1. The Hall–Kier alpha value is -1.07. The summed E-state index contributed by atoms with van der Waals surface area (Å²) in [5.41, 5.74) is 0.319. The molecular formula is C13H16BrNO3. The third-order valence-electron chi connectivity index (χ3n) is 3.34. The van der Waals surface area contributed by atoms with Gasteiger partial charge in [0.2, 0.25) is 0 Å². The van der Waals surface area contributed by atoms with Crippen molar-refractivity contribution < 1.29 is 14.6 Å². The van der Waals surface area contributed by atoms with Crippen molar-refractivity contribution in [2.45, 2.75) is 25.5 Å². The molecule has 0 aliphatic carbocycles. The lowest BCUT2D eigenvalue weighted by atomic mass is 10.1. The monoisotopic (exact) mass is 313 g/mol. The molecule has 0 radical (unpaired) electrons. The fourth-order valence-electron chi connectivity index (χ4n) is 2.26. The molecule has 1 amide bonds. The van der Waals surface area contributed by atoms with E-state index in [-0.39, 0.29) is 23.8 Å². The number of nitrogens with zero attached hydrogens (tertiary/aromatic N) is 1. The van der Waals surface area contributed by atoms with Crippen LogP contribution in [0.15, 0.2) is 22.7 Å². The maximum absolute atomic E-state index is 12.3. The minimum absolute atomic E-state index is 0.00667. The summed E-state index contributed by atoms with van der Waals surface area (Å²) >= 11 is 3.25. The van der Waals surface area contributed by atoms with Crippen LogP contribution in [-0.4, -0.2) is 41.7 Å². The number of carbonyl (C=O) groups excluding carboxylic acids is 1. The van der Waals surface area contributed by atoms with Gasteiger partial charge in [0, 0.05) is 18.1 Å². The maximum Gasteiger partial charge on any atom is 0.257 e. The first kappa shape index (κ1) is 13.4. The summed E-state index contributed by atoms with van der Waals surface area (Å²) < 4.78 is 6.21. The highest BCUT2D eigenvalue weighted by Crippen LogP contribution is 2.26. The standard InChI is InChI=1S/C13H16BrNO3/c1-8-11(5-6-18-8)15(2)13(17)10-4-3-9(14)7-12(10)16/h3-4,7-8,11,16H,5-6H2,1-2H3. The van der Waals surface area contributed by atoms with Gasteiger partial charge in [-0.05, 0) is 31.5 Å². The minimum atomic E-state index is -0.178. The molecule has 1 saturated heterocycles. The molecule has 1 aromatic rings. The Morgan fingerprint density at radius 2 is 2.28 bits per heavy atom. The summed E-state index contributed by atoms with van der Waals surface area (Å²) in [4.78, 5) is 14.0. The van der Waals surface area contributed by atoms with Crippen LogP contribution in [0.4, 0.5) is 0 Å². The molecule has 1 aliphatic heterocycles. The van der Waals surface area contributed by atoms with E-state index in [4.69, 9.17) is 4.74 Å². The van der Waals surface area contributed by atoms with Gasteiger partial charge in [0.25, 0.3) is 5.91 Å². The van der Waals surface area contributed by atoms with Crippen molar-refractivity contribution in [3.05, 3.63) is 28.2 Å². The van der Waals surface area contributed by atoms with Gasteiger partial charge in [0.15, 0.2) is 0 Å². The van der Waals surface area contributed by atoms with Crippen LogP contribution in [0.25, 0.3) is 0 Å². The van der Waals surface area contributed by atoms with Crippen molar-refractivity contribution in [1.29, 1.82) is 0 Å². The Kier molecular flexibility index (Phi) is 3.92. The van der Waals surface area contributed by atoms with Crippen LogP contribution in [0.2, 0.25) is 0 Å². The number of hydrogen-bond donors (Lipinski definition) is 1. The van der Waals surface area contributed by atoms with Gasteiger partial charge in [-0.25, -0.2) is 0 Å². The van der Waals surface area contributed by atoms with Gasteiger partial charge in [0.1, 0.15) is 5.75 Å². The molecule has 2 atom stereocenters. The summed E-state index contributed by atoms with van der Waals surface area (Å²) in [5, 5.41) is 9.81. The Morgan fingerprint density at radius 3 is 2.83 bits per heavy atom. The minimum Gasteiger partial charge on any atom is -0.507 e. The van der Waals surface area contributed by atoms with E-state index in [2.05, 4.69) is 15.9 Å². The number of benzene rings is 1. The normalized spacial score (nSPS) is 23.1. The smallest absolute Gasteiger partial charge is 0.257 e. The predicted molar refractivity (Wildman–Crippen MR) is 71.7 cm³/mol. The SMILES string of the molecule is CC1OCCC1N(C)C(=O)c1ccc(Br)cc1O. The number of aromatic hydroxyl groups is 1. The summed E-state index contributed by atoms with van der Waals surface area (Å²) in [6.07, 6.45) is 0.872. The molecule has 2 unspecified atom stereocenters. The molecule has 1 fully saturated rings. The van der Waals surface area contributed by atoms with Gasteiger partial charge in [-0.1, -0.05) is 15.9 Å². The van der Waals surface area contributed by atoms with Crippen molar-refractivity contribution in [3.8, 4) is 5.75 Å². The van der Waals surface area contributed by atoms with Gasteiger partial charge < -0.3 is 14.7 Å². The van der Waals surface area contributed by atoms with E-state index in [1.807, 2.05) is 6.92 Å². The van der Waals surface area contributed by atoms with Crippen molar-refractivity contribution >= 4 is 21.8 Å². The van der Waals surface area contributed by atoms with E-state index in [9.17, 15) is 9.90 Å². The van der Waals surface area contributed by atoms with Crippen LogP contribution in [0.5, 0.6) is 5.75 Å². The van der Waals surface area contributed by atoms with Crippen LogP contribution >= 0.6 is 15.9 Å². The van der Waals surface area contributed by atoms with Crippen molar-refractivity contribution in [1.82, 2.24) is 4.90 Å². The number of rotatable bonds is 2. The lowest BCUT2D eigenvalue weighted by Crippen LogP contribution is -2.41. The molecule has 0 saturated carbocycles. The molecule has 2 rings (SSSR count). The number of carbonyl (C=O) groups is 1. The van der Waals surface area contributed by atoms with Crippen molar-refractivity contribution in [2.24, 2.45) is 0 Å². The van der Waals surface area contributed by atoms with Crippen LogP contribution in [-0.2, 0) is 4.74 Å². The van der Waals surface area contributed by atoms with Gasteiger partial charge in [0.05, 0.1) is 17.7 Å². The average molecular weight is 314 g/mol. The molecule has 1 N–H and O–H groups in total. The number of ether oxygens (including phenoxy) is 1. The van der Waals surface area contributed by atoms with Gasteiger partial charge >= 0.3 is 0 Å². The fourth-order valence-corrected chi connectivity index (χ4v) is 2.60. The van der Waals surface area contributed by atoms with E-state index in [0.717, 1.165) is 10.9 Å². The summed E-state index contributed by atoms with van der Waals surface area (Å²) in [5.74, 6) is -0.185. The number of phenols is 1. The fraction of sp³-hybridized carbons (Fsp3) is 0.462. The third-order valence-corrected chi connectivity index (χ3v) is 3.84. The summed E-state index contributed by atoms with van der Waals surface area (Å²) in [6.45, 7) is 2.64. The second-order valence-electron chi connectivity index (χ2n) is 4.51. The second-order valence-corrected chi connectivity index (χ2v) is 5.43. The topological polar surface area (TPSA) is 49.8 Å². The first-order valence-corrected chi connectivity index (χ1v) is 6.67. The molecule has 4 nitrogen and oxygen atoms in total. The van der Waals surface area contributed by atoms with Crippen LogP contribution < -0.4 is 0 Å².